The van der Waals surface area contributed by atoms with Crippen molar-refractivity contribution in [2.75, 3.05) is 18.5 Å². The molecule has 0 fully saturated rings. The summed E-state index contributed by atoms with van der Waals surface area (Å²) in [7, 11) is 2.12. The van der Waals surface area contributed by atoms with Crippen molar-refractivity contribution >= 4 is 17.1 Å². The molecule has 0 saturated carbocycles. The minimum Gasteiger partial charge on any atom is -0.374 e. The van der Waals surface area contributed by atoms with E-state index in [-0.39, 0.29) is 0 Å². The lowest BCUT2D eigenvalue weighted by Gasteiger charge is -2.11. The van der Waals surface area contributed by atoms with Gasteiger partial charge in [-0.05, 0) is 42.3 Å². The Bertz CT molecular complexity index is 576. The van der Waals surface area contributed by atoms with Crippen LogP contribution in [0, 0.1) is 0 Å². The van der Waals surface area contributed by atoms with Gasteiger partial charge in [0, 0.05) is 19.3 Å². The third-order valence-electron chi connectivity index (χ3n) is 3.23. The van der Waals surface area contributed by atoms with Crippen LogP contribution in [0.25, 0.3) is 0 Å². The monoisotopic (exact) mass is 237 g/mol. The van der Waals surface area contributed by atoms with Crippen molar-refractivity contribution in [3.8, 4) is 0 Å². The first kappa shape index (κ1) is 11.0. The largest absolute Gasteiger partial charge is 0.374 e. The molecular weight excluding hydrogens is 222 g/mol. The van der Waals surface area contributed by atoms with E-state index in [0.717, 1.165) is 24.3 Å². The zero-order valence-corrected chi connectivity index (χ0v) is 10.4. The fourth-order valence-corrected chi connectivity index (χ4v) is 2.23. The highest BCUT2D eigenvalue weighted by Crippen LogP contribution is 2.30. The van der Waals surface area contributed by atoms with Crippen molar-refractivity contribution in [3.05, 3.63) is 54.1 Å². The second-order valence-electron chi connectivity index (χ2n) is 4.52. The van der Waals surface area contributed by atoms with Crippen LogP contribution in [0.1, 0.15) is 5.56 Å². The van der Waals surface area contributed by atoms with Crippen molar-refractivity contribution in [1.82, 2.24) is 0 Å². The number of hydrogen-bond donors (Lipinski definition) is 0. The summed E-state index contributed by atoms with van der Waals surface area (Å²) in [5.41, 5.74) is 4.48. The van der Waals surface area contributed by atoms with Crippen LogP contribution in [0.2, 0.25) is 0 Å². The second-order valence-corrected chi connectivity index (χ2v) is 4.52. The number of azo groups is 1. The van der Waals surface area contributed by atoms with Gasteiger partial charge in [-0.25, -0.2) is 0 Å². The fourth-order valence-electron chi connectivity index (χ4n) is 2.23. The molecule has 3 nitrogen and oxygen atoms in total. The fraction of sp³-hybridized carbons (Fsp3) is 0.200. The molecule has 3 heteroatoms. The number of benzene rings is 2. The molecule has 3 rings (SSSR count). The quantitative estimate of drug-likeness (QED) is 0.723. The maximum atomic E-state index is 4.29. The molecular formula is C15H15N3. The molecule has 0 spiro atoms. The Balaban J connectivity index is 1.84. The molecule has 0 aromatic heterocycles. The lowest BCUT2D eigenvalue weighted by molar-refractivity contribution is 0.956. The molecule has 0 atom stereocenters. The van der Waals surface area contributed by atoms with Gasteiger partial charge in [-0.3, -0.25) is 0 Å². The highest BCUT2D eigenvalue weighted by molar-refractivity contribution is 5.62. The summed E-state index contributed by atoms with van der Waals surface area (Å²) < 4.78 is 0. The van der Waals surface area contributed by atoms with Crippen molar-refractivity contribution in [2.24, 2.45) is 10.2 Å². The summed E-state index contributed by atoms with van der Waals surface area (Å²) in [6.07, 6.45) is 1.10. The van der Waals surface area contributed by atoms with E-state index in [2.05, 4.69) is 34.3 Å². The van der Waals surface area contributed by atoms with Crippen LogP contribution in [0.4, 0.5) is 17.1 Å². The smallest absolute Gasteiger partial charge is 0.0861 e. The van der Waals surface area contributed by atoms with Gasteiger partial charge in [-0.1, -0.05) is 18.2 Å². The van der Waals surface area contributed by atoms with Crippen LogP contribution in [0.5, 0.6) is 0 Å². The summed E-state index contributed by atoms with van der Waals surface area (Å²) in [6, 6.07) is 16.1. The average Bonchev–Trinajstić information content (AvgIpc) is 2.79. The molecule has 0 unspecified atom stereocenters. The van der Waals surface area contributed by atoms with E-state index < -0.39 is 0 Å². The van der Waals surface area contributed by atoms with Gasteiger partial charge in [0.05, 0.1) is 11.4 Å². The minimum absolute atomic E-state index is 0.884. The van der Waals surface area contributed by atoms with E-state index in [4.69, 9.17) is 0 Å². The SMILES string of the molecule is CN1CCc2cc(N=Nc3ccccc3)ccc21. The molecule has 2 aromatic rings. The van der Waals surface area contributed by atoms with Gasteiger partial charge in [0.25, 0.3) is 0 Å². The predicted molar refractivity (Wildman–Crippen MR) is 74.0 cm³/mol. The van der Waals surface area contributed by atoms with Crippen molar-refractivity contribution in [2.45, 2.75) is 6.42 Å². The van der Waals surface area contributed by atoms with Crippen molar-refractivity contribution in [3.63, 3.8) is 0 Å². The highest BCUT2D eigenvalue weighted by Gasteiger charge is 2.15. The van der Waals surface area contributed by atoms with Gasteiger partial charge in [-0.2, -0.15) is 10.2 Å². The first-order valence-corrected chi connectivity index (χ1v) is 6.14. The lowest BCUT2D eigenvalue weighted by Crippen LogP contribution is -2.12. The Kier molecular flexibility index (Phi) is 2.81. The van der Waals surface area contributed by atoms with Crippen LogP contribution < -0.4 is 4.90 Å². The number of likely N-dealkylation sites (N-methyl/N-ethyl adjacent to an activating group) is 1. The van der Waals surface area contributed by atoms with Crippen molar-refractivity contribution in [1.29, 1.82) is 0 Å². The van der Waals surface area contributed by atoms with Gasteiger partial charge < -0.3 is 4.90 Å². The molecule has 90 valence electrons. The molecule has 2 aromatic carbocycles. The number of fused-ring (bicyclic) bond motifs is 1. The number of hydrogen-bond acceptors (Lipinski definition) is 3. The first-order chi connectivity index (χ1) is 8.83. The Morgan fingerprint density at radius 2 is 1.72 bits per heavy atom. The van der Waals surface area contributed by atoms with Crippen LogP contribution in [0.3, 0.4) is 0 Å². The lowest BCUT2D eigenvalue weighted by atomic mass is 10.1. The van der Waals surface area contributed by atoms with Gasteiger partial charge in [-0.15, -0.1) is 0 Å². The summed E-state index contributed by atoms with van der Waals surface area (Å²) >= 11 is 0. The van der Waals surface area contributed by atoms with Crippen LogP contribution in [-0.4, -0.2) is 13.6 Å². The summed E-state index contributed by atoms with van der Waals surface area (Å²) in [5, 5.41) is 8.52. The number of rotatable bonds is 2. The highest BCUT2D eigenvalue weighted by atomic mass is 15.1. The summed E-state index contributed by atoms with van der Waals surface area (Å²) in [4.78, 5) is 2.27. The standard InChI is InChI=1S/C15H15N3/c1-18-10-9-12-11-14(7-8-15(12)18)17-16-13-5-3-2-4-6-13/h2-8,11H,9-10H2,1H3. The van der Waals surface area contributed by atoms with Gasteiger partial charge in [0.15, 0.2) is 0 Å². The summed E-state index contributed by atoms with van der Waals surface area (Å²) in [5.74, 6) is 0. The Hall–Kier alpha value is -2.16. The molecule has 0 N–H and O–H groups in total. The molecule has 1 aliphatic rings. The Morgan fingerprint density at radius 1 is 0.944 bits per heavy atom. The Labute approximate surface area is 107 Å². The van der Waals surface area contributed by atoms with E-state index in [1.165, 1.54) is 11.3 Å². The van der Waals surface area contributed by atoms with E-state index in [1.54, 1.807) is 0 Å². The normalized spacial score (nSPS) is 14.2. The molecule has 0 aliphatic carbocycles. The third kappa shape index (κ3) is 2.12. The molecule has 0 radical (unpaired) electrons. The first-order valence-electron chi connectivity index (χ1n) is 6.14. The maximum absolute atomic E-state index is 4.29. The van der Waals surface area contributed by atoms with E-state index in [9.17, 15) is 0 Å². The van der Waals surface area contributed by atoms with E-state index in [0.29, 0.717) is 0 Å². The molecule has 0 bridgehead atoms. The molecule has 0 saturated heterocycles. The molecule has 1 heterocycles. The van der Waals surface area contributed by atoms with Crippen LogP contribution >= 0.6 is 0 Å². The second kappa shape index (κ2) is 4.61. The number of nitrogens with zero attached hydrogens (tertiary/aromatic N) is 3. The number of anilines is 1. The topological polar surface area (TPSA) is 28.0 Å². The Morgan fingerprint density at radius 3 is 2.56 bits per heavy atom. The van der Waals surface area contributed by atoms with Crippen LogP contribution in [-0.2, 0) is 6.42 Å². The maximum Gasteiger partial charge on any atom is 0.0861 e. The molecule has 18 heavy (non-hydrogen) atoms. The van der Waals surface area contributed by atoms with E-state index >= 15 is 0 Å². The third-order valence-corrected chi connectivity index (χ3v) is 3.23. The average molecular weight is 237 g/mol. The predicted octanol–water partition coefficient (Wildman–Crippen LogP) is 4.09. The van der Waals surface area contributed by atoms with Gasteiger partial charge >= 0.3 is 0 Å². The molecule has 1 aliphatic heterocycles. The summed E-state index contributed by atoms with van der Waals surface area (Å²) in [6.45, 7) is 1.09. The van der Waals surface area contributed by atoms with Crippen molar-refractivity contribution < 1.29 is 0 Å². The minimum atomic E-state index is 0.884. The zero-order valence-electron chi connectivity index (χ0n) is 10.4. The van der Waals surface area contributed by atoms with E-state index in [1.807, 2.05) is 36.4 Å². The van der Waals surface area contributed by atoms with Crippen LogP contribution in [0.15, 0.2) is 58.8 Å². The van der Waals surface area contributed by atoms with Gasteiger partial charge in [0.2, 0.25) is 0 Å². The zero-order chi connectivity index (χ0) is 12.4. The molecule has 0 amide bonds. The van der Waals surface area contributed by atoms with Gasteiger partial charge in [0.1, 0.15) is 0 Å².